The number of urea groups is 1. The average molecular weight is 188 g/mol. The van der Waals surface area contributed by atoms with Crippen LogP contribution in [0.1, 0.15) is 33.6 Å². The molecule has 0 radical (unpaired) electrons. The molecule has 0 heterocycles. The molecule has 0 bridgehead atoms. The quantitative estimate of drug-likeness (QED) is 0.599. The molecule has 13 heavy (non-hydrogen) atoms. The highest BCUT2D eigenvalue weighted by atomic mass is 16.3. The zero-order chi connectivity index (χ0) is 10.3. The highest BCUT2D eigenvalue weighted by Crippen LogP contribution is 1.95. The fourth-order valence-electron chi connectivity index (χ4n) is 1.02. The van der Waals surface area contributed by atoms with Crippen molar-refractivity contribution in [3.05, 3.63) is 0 Å². The molecule has 0 fully saturated rings. The van der Waals surface area contributed by atoms with Crippen LogP contribution in [0.3, 0.4) is 0 Å². The Morgan fingerprint density at radius 1 is 1.38 bits per heavy atom. The van der Waals surface area contributed by atoms with E-state index < -0.39 is 0 Å². The van der Waals surface area contributed by atoms with E-state index in [1.807, 2.05) is 20.8 Å². The van der Waals surface area contributed by atoms with Gasteiger partial charge < -0.3 is 15.7 Å². The summed E-state index contributed by atoms with van der Waals surface area (Å²) in [6, 6.07) is 0.0608. The van der Waals surface area contributed by atoms with Gasteiger partial charge in [0, 0.05) is 18.7 Å². The van der Waals surface area contributed by atoms with E-state index in [9.17, 15) is 4.79 Å². The molecule has 0 spiro atoms. The number of carbonyl (C=O) groups excluding carboxylic acids is 1. The van der Waals surface area contributed by atoms with E-state index in [1.165, 1.54) is 0 Å². The minimum atomic E-state index is -0.157. The van der Waals surface area contributed by atoms with Crippen molar-refractivity contribution in [3.8, 4) is 0 Å². The lowest BCUT2D eigenvalue weighted by molar-refractivity contribution is 0.226. The van der Waals surface area contributed by atoms with Crippen LogP contribution in [-0.2, 0) is 0 Å². The minimum Gasteiger partial charge on any atom is -0.396 e. The highest BCUT2D eigenvalue weighted by molar-refractivity contribution is 5.74. The summed E-state index contributed by atoms with van der Waals surface area (Å²) in [4.78, 5) is 11.2. The molecule has 1 atom stereocenters. The Morgan fingerprint density at radius 3 is 2.38 bits per heavy atom. The van der Waals surface area contributed by atoms with E-state index in [0.29, 0.717) is 6.42 Å². The predicted molar refractivity (Wildman–Crippen MR) is 52.6 cm³/mol. The van der Waals surface area contributed by atoms with Gasteiger partial charge in [0.1, 0.15) is 0 Å². The molecule has 4 nitrogen and oxygen atoms in total. The molecule has 0 aliphatic carbocycles. The fourth-order valence-corrected chi connectivity index (χ4v) is 1.02. The Bertz CT molecular complexity index is 149. The van der Waals surface area contributed by atoms with Gasteiger partial charge in [0.25, 0.3) is 0 Å². The summed E-state index contributed by atoms with van der Waals surface area (Å²) >= 11 is 0. The lowest BCUT2D eigenvalue weighted by Gasteiger charge is -2.17. The normalized spacial score (nSPS) is 12.7. The van der Waals surface area contributed by atoms with Gasteiger partial charge in [-0.2, -0.15) is 0 Å². The molecule has 3 N–H and O–H groups in total. The molecule has 4 heteroatoms. The van der Waals surface area contributed by atoms with Crippen LogP contribution in [0.25, 0.3) is 0 Å². The summed E-state index contributed by atoms with van der Waals surface area (Å²) in [5.74, 6) is 0. The third-order valence-electron chi connectivity index (χ3n) is 1.73. The topological polar surface area (TPSA) is 61.4 Å². The molecule has 0 aromatic heterocycles. The van der Waals surface area contributed by atoms with Crippen LogP contribution in [0.15, 0.2) is 0 Å². The fraction of sp³-hybridized carbons (Fsp3) is 0.889. The Hall–Kier alpha value is -0.770. The number of hydrogen-bond acceptors (Lipinski definition) is 2. The van der Waals surface area contributed by atoms with Crippen molar-refractivity contribution in [3.63, 3.8) is 0 Å². The van der Waals surface area contributed by atoms with Crippen molar-refractivity contribution in [2.75, 3.05) is 6.61 Å². The molecule has 0 saturated heterocycles. The van der Waals surface area contributed by atoms with Crippen LogP contribution >= 0.6 is 0 Å². The second-order valence-electron chi connectivity index (χ2n) is 3.39. The van der Waals surface area contributed by atoms with E-state index >= 15 is 0 Å². The molecule has 0 aliphatic rings. The molecule has 1 unspecified atom stereocenters. The van der Waals surface area contributed by atoms with E-state index in [2.05, 4.69) is 10.6 Å². The largest absolute Gasteiger partial charge is 0.396 e. The Morgan fingerprint density at radius 2 is 2.00 bits per heavy atom. The Labute approximate surface area is 79.7 Å². The molecular formula is C9H20N2O2. The first-order valence-electron chi connectivity index (χ1n) is 4.78. The summed E-state index contributed by atoms with van der Waals surface area (Å²) in [5.41, 5.74) is 0. The maximum Gasteiger partial charge on any atom is 0.315 e. The van der Waals surface area contributed by atoms with Gasteiger partial charge in [0.15, 0.2) is 0 Å². The number of rotatable bonds is 5. The monoisotopic (exact) mass is 188 g/mol. The Balaban J connectivity index is 3.73. The van der Waals surface area contributed by atoms with Crippen LogP contribution in [-0.4, -0.2) is 29.8 Å². The summed E-state index contributed by atoms with van der Waals surface area (Å²) in [6.45, 7) is 5.91. The summed E-state index contributed by atoms with van der Waals surface area (Å²) in [5, 5.41) is 14.2. The molecule has 78 valence electrons. The summed E-state index contributed by atoms with van der Waals surface area (Å²) in [7, 11) is 0. The van der Waals surface area contributed by atoms with Crippen molar-refractivity contribution in [2.45, 2.75) is 45.7 Å². The maximum absolute atomic E-state index is 11.2. The first-order chi connectivity index (χ1) is 6.10. The number of aliphatic hydroxyl groups excluding tert-OH is 1. The van der Waals surface area contributed by atoms with Crippen molar-refractivity contribution in [1.29, 1.82) is 0 Å². The van der Waals surface area contributed by atoms with Gasteiger partial charge in [-0.05, 0) is 26.7 Å². The van der Waals surface area contributed by atoms with Crippen LogP contribution in [0, 0.1) is 0 Å². The maximum atomic E-state index is 11.2. The lowest BCUT2D eigenvalue weighted by Crippen LogP contribution is -2.44. The van der Waals surface area contributed by atoms with Crippen LogP contribution in [0.5, 0.6) is 0 Å². The van der Waals surface area contributed by atoms with Gasteiger partial charge in [-0.1, -0.05) is 6.92 Å². The molecule has 0 saturated carbocycles. The number of hydrogen-bond donors (Lipinski definition) is 3. The molecule has 0 aliphatic heterocycles. The third kappa shape index (κ3) is 6.40. The van der Waals surface area contributed by atoms with Gasteiger partial charge in [0.05, 0.1) is 0 Å². The average Bonchev–Trinajstić information content (AvgIpc) is 2.02. The minimum absolute atomic E-state index is 0.0729. The third-order valence-corrected chi connectivity index (χ3v) is 1.73. The van der Waals surface area contributed by atoms with E-state index in [-0.39, 0.29) is 24.7 Å². The standard InChI is InChI=1S/C9H20N2O2/c1-4-8(5-6-12)11-9(13)10-7(2)3/h7-8,12H,4-6H2,1-3H3,(H2,10,11,13). The summed E-state index contributed by atoms with van der Waals surface area (Å²) in [6.07, 6.45) is 1.45. The summed E-state index contributed by atoms with van der Waals surface area (Å²) < 4.78 is 0. The van der Waals surface area contributed by atoms with Gasteiger partial charge in [-0.15, -0.1) is 0 Å². The van der Waals surface area contributed by atoms with Gasteiger partial charge in [0.2, 0.25) is 0 Å². The van der Waals surface area contributed by atoms with Crippen molar-refractivity contribution < 1.29 is 9.90 Å². The van der Waals surface area contributed by atoms with E-state index in [1.54, 1.807) is 0 Å². The van der Waals surface area contributed by atoms with Crippen molar-refractivity contribution in [2.24, 2.45) is 0 Å². The predicted octanol–water partition coefficient (Wildman–Crippen LogP) is 0.855. The number of carbonyl (C=O) groups is 1. The van der Waals surface area contributed by atoms with Gasteiger partial charge in [-0.25, -0.2) is 4.79 Å². The smallest absolute Gasteiger partial charge is 0.315 e. The van der Waals surface area contributed by atoms with Crippen LogP contribution in [0.4, 0.5) is 4.79 Å². The van der Waals surface area contributed by atoms with Crippen LogP contribution < -0.4 is 10.6 Å². The zero-order valence-electron chi connectivity index (χ0n) is 8.63. The second kappa shape index (κ2) is 6.71. The zero-order valence-corrected chi connectivity index (χ0v) is 8.63. The molecule has 0 rings (SSSR count). The van der Waals surface area contributed by atoms with Crippen molar-refractivity contribution in [1.82, 2.24) is 10.6 Å². The van der Waals surface area contributed by atoms with E-state index in [4.69, 9.17) is 5.11 Å². The first-order valence-corrected chi connectivity index (χ1v) is 4.78. The lowest BCUT2D eigenvalue weighted by atomic mass is 10.2. The number of aliphatic hydroxyl groups is 1. The first kappa shape index (κ1) is 12.2. The van der Waals surface area contributed by atoms with Crippen LogP contribution in [0.2, 0.25) is 0 Å². The highest BCUT2D eigenvalue weighted by Gasteiger charge is 2.09. The number of nitrogens with one attached hydrogen (secondary N) is 2. The number of amides is 2. The second-order valence-corrected chi connectivity index (χ2v) is 3.39. The van der Waals surface area contributed by atoms with Gasteiger partial charge >= 0.3 is 6.03 Å². The Kier molecular flexibility index (Phi) is 6.32. The molecular weight excluding hydrogens is 168 g/mol. The molecule has 0 aromatic carbocycles. The molecule has 0 aromatic rings. The molecule has 2 amide bonds. The van der Waals surface area contributed by atoms with Crippen molar-refractivity contribution >= 4 is 6.03 Å². The SMILES string of the molecule is CCC(CCO)NC(=O)NC(C)C. The van der Waals surface area contributed by atoms with Gasteiger partial charge in [-0.3, -0.25) is 0 Å². The van der Waals surface area contributed by atoms with E-state index in [0.717, 1.165) is 6.42 Å².